The maximum Gasteiger partial charge on any atom is 0.281 e. The summed E-state index contributed by atoms with van der Waals surface area (Å²) in [6.07, 6.45) is 2.46. The second-order valence-electron chi connectivity index (χ2n) is 5.23. The van der Waals surface area contributed by atoms with Gasteiger partial charge in [-0.2, -0.15) is 0 Å². The number of hydrogen-bond donors (Lipinski definition) is 1. The van der Waals surface area contributed by atoms with Gasteiger partial charge >= 0.3 is 0 Å². The Bertz CT molecular complexity index is 675. The lowest BCUT2D eigenvalue weighted by Gasteiger charge is -2.22. The van der Waals surface area contributed by atoms with Crippen LogP contribution in [0.5, 0.6) is 0 Å². The predicted molar refractivity (Wildman–Crippen MR) is 80.9 cm³/mol. The highest BCUT2D eigenvalue weighted by Gasteiger charge is 2.21. The van der Waals surface area contributed by atoms with Crippen molar-refractivity contribution in [1.29, 1.82) is 0 Å². The van der Waals surface area contributed by atoms with Gasteiger partial charge in [-0.3, -0.25) is 15.1 Å². The minimum atomic E-state index is -0.650. The van der Waals surface area contributed by atoms with E-state index >= 15 is 0 Å². The van der Waals surface area contributed by atoms with Crippen molar-refractivity contribution in [1.82, 2.24) is 4.98 Å². The smallest absolute Gasteiger partial charge is 0.281 e. The summed E-state index contributed by atoms with van der Waals surface area (Å²) in [4.78, 5) is 14.6. The molecule has 0 radical (unpaired) electrons. The number of fused-ring (bicyclic) bond motifs is 1. The highest BCUT2D eigenvalue weighted by molar-refractivity contribution is 5.97. The minimum Gasteiger partial charge on any atom is -0.378 e. The Morgan fingerprint density at radius 2 is 2.19 bits per heavy atom. The van der Waals surface area contributed by atoms with Gasteiger partial charge in [-0.1, -0.05) is 20.3 Å². The number of non-ortho nitro benzene ring substituents is 1. The van der Waals surface area contributed by atoms with Gasteiger partial charge in [0.1, 0.15) is 5.52 Å². The fourth-order valence-electron chi connectivity index (χ4n) is 2.21. The standard InChI is InChI=1S/C15H18FN3O2/c1-4-9(2)10(3)18-15-12(16)8-13(19(20)21)11-6-5-7-17-14(11)15/h5-10,18H,4H2,1-3H3. The van der Waals surface area contributed by atoms with Crippen molar-refractivity contribution >= 4 is 22.3 Å². The van der Waals surface area contributed by atoms with E-state index in [9.17, 15) is 14.5 Å². The highest BCUT2D eigenvalue weighted by Crippen LogP contribution is 2.33. The number of anilines is 1. The van der Waals surface area contributed by atoms with Gasteiger partial charge in [0.15, 0.2) is 5.82 Å². The molecule has 1 aromatic carbocycles. The van der Waals surface area contributed by atoms with Gasteiger partial charge in [0.2, 0.25) is 0 Å². The number of nitro benzene ring substituents is 1. The molecule has 2 atom stereocenters. The van der Waals surface area contributed by atoms with Crippen LogP contribution in [0.25, 0.3) is 10.9 Å². The molecule has 2 unspecified atom stereocenters. The molecule has 112 valence electrons. The molecule has 2 rings (SSSR count). The number of nitro groups is 1. The van der Waals surface area contributed by atoms with Crippen molar-refractivity contribution < 1.29 is 9.31 Å². The number of rotatable bonds is 5. The van der Waals surface area contributed by atoms with E-state index in [-0.39, 0.29) is 17.4 Å². The maximum absolute atomic E-state index is 14.3. The van der Waals surface area contributed by atoms with Crippen LogP contribution in [-0.2, 0) is 0 Å². The lowest BCUT2D eigenvalue weighted by Crippen LogP contribution is -2.24. The van der Waals surface area contributed by atoms with Crippen LogP contribution in [-0.4, -0.2) is 15.9 Å². The van der Waals surface area contributed by atoms with E-state index in [1.165, 1.54) is 6.20 Å². The third-order valence-corrected chi connectivity index (χ3v) is 3.89. The average molecular weight is 291 g/mol. The molecule has 0 aliphatic rings. The van der Waals surface area contributed by atoms with Gasteiger partial charge in [-0.25, -0.2) is 4.39 Å². The highest BCUT2D eigenvalue weighted by atomic mass is 19.1. The SMILES string of the molecule is CCC(C)C(C)Nc1c(F)cc([N+](=O)[O-])c2cccnc12. The van der Waals surface area contributed by atoms with E-state index in [2.05, 4.69) is 24.1 Å². The van der Waals surface area contributed by atoms with Crippen molar-refractivity contribution in [2.24, 2.45) is 5.92 Å². The molecule has 0 saturated heterocycles. The van der Waals surface area contributed by atoms with Gasteiger partial charge in [-0.05, 0) is 25.0 Å². The zero-order chi connectivity index (χ0) is 15.6. The zero-order valence-corrected chi connectivity index (χ0v) is 12.3. The fourth-order valence-corrected chi connectivity index (χ4v) is 2.21. The molecule has 1 aromatic heterocycles. The first-order valence-corrected chi connectivity index (χ1v) is 6.93. The molecular formula is C15H18FN3O2. The summed E-state index contributed by atoms with van der Waals surface area (Å²) >= 11 is 0. The number of halogens is 1. The van der Waals surface area contributed by atoms with Crippen LogP contribution >= 0.6 is 0 Å². The summed E-state index contributed by atoms with van der Waals surface area (Å²) in [5.41, 5.74) is 0.251. The van der Waals surface area contributed by atoms with Crippen LogP contribution in [0.15, 0.2) is 24.4 Å². The van der Waals surface area contributed by atoms with Crippen molar-refractivity contribution in [3.05, 3.63) is 40.3 Å². The lowest BCUT2D eigenvalue weighted by atomic mass is 10.00. The van der Waals surface area contributed by atoms with Crippen LogP contribution < -0.4 is 5.32 Å². The molecular weight excluding hydrogens is 273 g/mol. The molecule has 0 spiro atoms. The molecule has 0 saturated carbocycles. The third kappa shape index (κ3) is 2.94. The molecule has 0 bridgehead atoms. The van der Waals surface area contributed by atoms with Crippen molar-refractivity contribution in [2.45, 2.75) is 33.2 Å². The quantitative estimate of drug-likeness (QED) is 0.664. The number of hydrogen-bond acceptors (Lipinski definition) is 4. The summed E-state index contributed by atoms with van der Waals surface area (Å²) in [5, 5.41) is 14.5. The third-order valence-electron chi connectivity index (χ3n) is 3.89. The molecule has 21 heavy (non-hydrogen) atoms. The summed E-state index contributed by atoms with van der Waals surface area (Å²) < 4.78 is 14.3. The van der Waals surface area contributed by atoms with Crippen LogP contribution in [0.2, 0.25) is 0 Å². The van der Waals surface area contributed by atoms with Gasteiger partial charge in [0.05, 0.1) is 22.1 Å². The van der Waals surface area contributed by atoms with E-state index in [0.717, 1.165) is 12.5 Å². The largest absolute Gasteiger partial charge is 0.378 e. The molecule has 0 fully saturated rings. The van der Waals surface area contributed by atoms with Crippen molar-refractivity contribution in [3.8, 4) is 0 Å². The van der Waals surface area contributed by atoms with Crippen LogP contribution in [0.1, 0.15) is 27.2 Å². The van der Waals surface area contributed by atoms with E-state index in [4.69, 9.17) is 0 Å². The Hall–Kier alpha value is -2.24. The normalized spacial score (nSPS) is 13.9. The first-order chi connectivity index (χ1) is 9.95. The van der Waals surface area contributed by atoms with Crippen LogP contribution in [0.3, 0.4) is 0 Å². The summed E-state index contributed by atoms with van der Waals surface area (Å²) in [7, 11) is 0. The lowest BCUT2D eigenvalue weighted by molar-refractivity contribution is -0.383. The van der Waals surface area contributed by atoms with Gasteiger partial charge in [0.25, 0.3) is 5.69 Å². The zero-order valence-electron chi connectivity index (χ0n) is 12.3. The maximum atomic E-state index is 14.3. The fraction of sp³-hybridized carbons (Fsp3) is 0.400. The molecule has 2 aromatic rings. The summed E-state index contributed by atoms with van der Waals surface area (Å²) in [6, 6.07) is 4.18. The van der Waals surface area contributed by atoms with Gasteiger partial charge in [0, 0.05) is 12.2 Å². The second-order valence-corrected chi connectivity index (χ2v) is 5.23. The molecule has 1 N–H and O–H groups in total. The monoisotopic (exact) mass is 291 g/mol. The molecule has 5 nitrogen and oxygen atoms in total. The Labute approximate surface area is 122 Å². The number of benzene rings is 1. The number of pyridine rings is 1. The Kier molecular flexibility index (Phi) is 4.35. The van der Waals surface area contributed by atoms with Crippen LogP contribution in [0.4, 0.5) is 15.8 Å². The molecule has 6 heteroatoms. The van der Waals surface area contributed by atoms with Gasteiger partial charge < -0.3 is 5.32 Å². The second kappa shape index (κ2) is 6.03. The van der Waals surface area contributed by atoms with E-state index in [1.54, 1.807) is 12.1 Å². The van der Waals surface area contributed by atoms with E-state index in [1.807, 2.05) is 6.92 Å². The number of nitrogens with one attached hydrogen (secondary N) is 1. The number of nitrogens with zero attached hydrogens (tertiary/aromatic N) is 2. The van der Waals surface area contributed by atoms with Crippen molar-refractivity contribution in [3.63, 3.8) is 0 Å². The predicted octanol–water partition coefficient (Wildman–Crippen LogP) is 4.13. The first-order valence-electron chi connectivity index (χ1n) is 6.93. The molecule has 0 amide bonds. The van der Waals surface area contributed by atoms with Gasteiger partial charge in [-0.15, -0.1) is 0 Å². The number of aromatic nitrogens is 1. The molecule has 1 heterocycles. The molecule has 0 aliphatic heterocycles. The topological polar surface area (TPSA) is 68.1 Å². The van der Waals surface area contributed by atoms with Crippen LogP contribution in [0, 0.1) is 21.8 Å². The molecule has 0 aliphatic carbocycles. The van der Waals surface area contributed by atoms with E-state index in [0.29, 0.717) is 16.8 Å². The summed E-state index contributed by atoms with van der Waals surface area (Å²) in [5.74, 6) is -0.304. The Morgan fingerprint density at radius 3 is 2.81 bits per heavy atom. The Morgan fingerprint density at radius 1 is 1.48 bits per heavy atom. The van der Waals surface area contributed by atoms with E-state index < -0.39 is 10.7 Å². The Balaban J connectivity index is 2.57. The first kappa shape index (κ1) is 15.2. The van der Waals surface area contributed by atoms with Crippen molar-refractivity contribution in [2.75, 3.05) is 5.32 Å². The minimum absolute atomic E-state index is 0.0381. The summed E-state index contributed by atoms with van der Waals surface area (Å²) in [6.45, 7) is 6.09. The average Bonchev–Trinajstić information content (AvgIpc) is 2.48.